The van der Waals surface area contributed by atoms with Crippen molar-refractivity contribution in [2.24, 2.45) is 0 Å². The summed E-state index contributed by atoms with van der Waals surface area (Å²) in [5.41, 5.74) is -0.540. The van der Waals surface area contributed by atoms with E-state index in [1.807, 2.05) is 5.32 Å². The highest BCUT2D eigenvalue weighted by Crippen LogP contribution is 2.38. The molecule has 0 unspecified atom stereocenters. The third kappa shape index (κ3) is 6.93. The Morgan fingerprint density at radius 2 is 1.53 bits per heavy atom. The first kappa shape index (κ1) is 27.4. The van der Waals surface area contributed by atoms with Crippen LogP contribution >= 0.6 is 15.9 Å². The molecule has 0 radical (unpaired) electrons. The second-order valence-electron chi connectivity index (χ2n) is 7.81. The third-order valence-electron chi connectivity index (χ3n) is 5.39. The zero-order chi connectivity index (χ0) is 26.5. The summed E-state index contributed by atoms with van der Waals surface area (Å²) in [6.45, 7) is 0. The summed E-state index contributed by atoms with van der Waals surface area (Å²) >= 11 is 3.32. The first-order valence-corrected chi connectivity index (χ1v) is 11.4. The number of anilines is 1. The zero-order valence-corrected chi connectivity index (χ0v) is 20.3. The number of amides is 1. The molecule has 0 bridgehead atoms. The fraction of sp³-hybridized carbons (Fsp3) is 0.240. The van der Waals surface area contributed by atoms with Crippen molar-refractivity contribution < 1.29 is 35.9 Å². The standard InChI is InChI=1S/C25H21BrF6N2O2/c1-36-17-12-10-16(11-13-17)33-22(18-7-3-4-8-19(18)24(27,28)29)21(34-23(35)25(30,31)32)14-15-6-2-5-9-20(15)26/h2-13,21-22,33H,14H2,1H3,(H,34,35)/t21-,22+/m0/s1. The summed E-state index contributed by atoms with van der Waals surface area (Å²) in [5.74, 6) is -1.78. The minimum atomic E-state index is -5.24. The number of ether oxygens (including phenoxy) is 1. The van der Waals surface area contributed by atoms with Crippen LogP contribution in [0.2, 0.25) is 0 Å². The first-order chi connectivity index (χ1) is 16.9. The van der Waals surface area contributed by atoms with Crippen molar-refractivity contribution in [3.05, 3.63) is 94.0 Å². The van der Waals surface area contributed by atoms with E-state index in [9.17, 15) is 31.1 Å². The summed E-state index contributed by atoms with van der Waals surface area (Å²) < 4.78 is 87.1. The topological polar surface area (TPSA) is 50.4 Å². The van der Waals surface area contributed by atoms with Crippen LogP contribution in [0, 0.1) is 0 Å². The molecule has 0 aliphatic carbocycles. The van der Waals surface area contributed by atoms with Gasteiger partial charge in [-0.2, -0.15) is 26.3 Å². The number of hydrogen-bond donors (Lipinski definition) is 2. The highest BCUT2D eigenvalue weighted by atomic mass is 79.9. The van der Waals surface area contributed by atoms with E-state index in [4.69, 9.17) is 4.74 Å². The normalized spacial score (nSPS) is 13.6. The smallest absolute Gasteiger partial charge is 0.471 e. The molecular formula is C25H21BrF6N2O2. The lowest BCUT2D eigenvalue weighted by Crippen LogP contribution is -2.48. The summed E-state index contributed by atoms with van der Waals surface area (Å²) in [7, 11) is 1.44. The Balaban J connectivity index is 2.15. The molecule has 0 saturated carbocycles. The van der Waals surface area contributed by atoms with Gasteiger partial charge in [0, 0.05) is 10.2 Å². The Labute approximate surface area is 211 Å². The quantitative estimate of drug-likeness (QED) is 0.287. The maximum Gasteiger partial charge on any atom is 0.471 e. The van der Waals surface area contributed by atoms with Crippen molar-refractivity contribution in [3.8, 4) is 5.75 Å². The molecule has 192 valence electrons. The minimum Gasteiger partial charge on any atom is -0.497 e. The van der Waals surface area contributed by atoms with E-state index in [1.165, 1.54) is 37.4 Å². The Morgan fingerprint density at radius 3 is 2.11 bits per heavy atom. The van der Waals surface area contributed by atoms with Gasteiger partial charge in [0.05, 0.1) is 24.8 Å². The molecule has 11 heteroatoms. The molecule has 3 aromatic rings. The van der Waals surface area contributed by atoms with Gasteiger partial charge in [-0.25, -0.2) is 0 Å². The number of hydrogen-bond acceptors (Lipinski definition) is 3. The lowest BCUT2D eigenvalue weighted by atomic mass is 9.90. The fourth-order valence-corrected chi connectivity index (χ4v) is 4.14. The maximum absolute atomic E-state index is 13.9. The highest BCUT2D eigenvalue weighted by molar-refractivity contribution is 9.10. The lowest BCUT2D eigenvalue weighted by Gasteiger charge is -2.32. The minimum absolute atomic E-state index is 0.205. The summed E-state index contributed by atoms with van der Waals surface area (Å²) in [4.78, 5) is 12.0. The number of nitrogens with one attached hydrogen (secondary N) is 2. The number of rotatable bonds is 8. The van der Waals surface area contributed by atoms with E-state index < -0.39 is 35.9 Å². The summed E-state index contributed by atoms with van der Waals surface area (Å²) in [6, 6.07) is 14.5. The van der Waals surface area contributed by atoms with Crippen molar-refractivity contribution >= 4 is 27.5 Å². The molecular weight excluding hydrogens is 554 g/mol. The monoisotopic (exact) mass is 574 g/mol. The Hall–Kier alpha value is -3.21. The average molecular weight is 575 g/mol. The molecule has 4 nitrogen and oxygen atoms in total. The van der Waals surface area contributed by atoms with Gasteiger partial charge in [-0.15, -0.1) is 0 Å². The van der Waals surface area contributed by atoms with Crippen LogP contribution in [0.5, 0.6) is 5.75 Å². The van der Waals surface area contributed by atoms with Crippen molar-refractivity contribution in [2.45, 2.75) is 30.9 Å². The molecule has 36 heavy (non-hydrogen) atoms. The van der Waals surface area contributed by atoms with E-state index in [0.29, 0.717) is 21.5 Å². The number of halogens is 7. The largest absolute Gasteiger partial charge is 0.497 e. The van der Waals surface area contributed by atoms with Crippen LogP contribution in [-0.2, 0) is 17.4 Å². The van der Waals surface area contributed by atoms with Gasteiger partial charge in [0.1, 0.15) is 5.75 Å². The van der Waals surface area contributed by atoms with E-state index in [-0.39, 0.29) is 12.0 Å². The van der Waals surface area contributed by atoms with Gasteiger partial charge in [-0.05, 0) is 53.9 Å². The van der Waals surface area contributed by atoms with Gasteiger partial charge >= 0.3 is 18.3 Å². The second-order valence-corrected chi connectivity index (χ2v) is 8.66. The summed E-state index contributed by atoms with van der Waals surface area (Å²) in [5, 5.41) is 4.82. The number of alkyl halides is 6. The van der Waals surface area contributed by atoms with Crippen LogP contribution in [0.3, 0.4) is 0 Å². The molecule has 2 atom stereocenters. The third-order valence-corrected chi connectivity index (χ3v) is 6.16. The Morgan fingerprint density at radius 1 is 0.917 bits per heavy atom. The molecule has 0 heterocycles. The molecule has 0 aliphatic rings. The van der Waals surface area contributed by atoms with Gasteiger partial charge in [0.2, 0.25) is 0 Å². The van der Waals surface area contributed by atoms with Gasteiger partial charge in [-0.3, -0.25) is 4.79 Å². The van der Waals surface area contributed by atoms with Crippen molar-refractivity contribution in [1.29, 1.82) is 0 Å². The molecule has 1 amide bonds. The lowest BCUT2D eigenvalue weighted by molar-refractivity contribution is -0.174. The van der Waals surface area contributed by atoms with Gasteiger partial charge in [0.15, 0.2) is 0 Å². The molecule has 0 aromatic heterocycles. The first-order valence-electron chi connectivity index (χ1n) is 10.6. The average Bonchev–Trinajstić information content (AvgIpc) is 2.82. The van der Waals surface area contributed by atoms with E-state index in [0.717, 1.165) is 6.07 Å². The second kappa shape index (κ2) is 11.2. The molecule has 0 spiro atoms. The van der Waals surface area contributed by atoms with Crippen LogP contribution < -0.4 is 15.4 Å². The van der Waals surface area contributed by atoms with Crippen LogP contribution in [0.4, 0.5) is 32.0 Å². The van der Waals surface area contributed by atoms with Crippen molar-refractivity contribution in [3.63, 3.8) is 0 Å². The van der Waals surface area contributed by atoms with E-state index >= 15 is 0 Å². The number of carbonyl (C=O) groups excluding carboxylic acids is 1. The maximum atomic E-state index is 13.9. The Bertz CT molecular complexity index is 1180. The number of methoxy groups -OCH3 is 1. The number of benzene rings is 3. The zero-order valence-electron chi connectivity index (χ0n) is 18.8. The highest BCUT2D eigenvalue weighted by Gasteiger charge is 2.43. The van der Waals surface area contributed by atoms with Crippen LogP contribution in [0.15, 0.2) is 77.3 Å². The van der Waals surface area contributed by atoms with Crippen molar-refractivity contribution in [1.82, 2.24) is 5.32 Å². The predicted octanol–water partition coefficient (Wildman–Crippen LogP) is 6.92. The molecule has 0 saturated heterocycles. The molecule has 3 aromatic carbocycles. The van der Waals surface area contributed by atoms with E-state index in [2.05, 4.69) is 21.2 Å². The van der Waals surface area contributed by atoms with E-state index in [1.54, 1.807) is 36.4 Å². The van der Waals surface area contributed by atoms with Gasteiger partial charge < -0.3 is 15.4 Å². The predicted molar refractivity (Wildman–Crippen MR) is 127 cm³/mol. The van der Waals surface area contributed by atoms with Crippen molar-refractivity contribution in [2.75, 3.05) is 12.4 Å². The molecule has 2 N–H and O–H groups in total. The Kier molecular flexibility index (Phi) is 8.55. The van der Waals surface area contributed by atoms with Crippen LogP contribution in [0.25, 0.3) is 0 Å². The van der Waals surface area contributed by atoms with Gasteiger partial charge in [-0.1, -0.05) is 52.3 Å². The molecule has 0 aliphatic heterocycles. The summed E-state index contributed by atoms with van der Waals surface area (Å²) in [6.07, 6.45) is -10.2. The van der Waals surface area contributed by atoms with Crippen LogP contribution in [0.1, 0.15) is 22.7 Å². The molecule has 0 fully saturated rings. The number of carbonyl (C=O) groups is 1. The van der Waals surface area contributed by atoms with Crippen LogP contribution in [-0.4, -0.2) is 25.2 Å². The molecule has 3 rings (SSSR count). The SMILES string of the molecule is COc1ccc(N[C@H](c2ccccc2C(F)(F)F)[C@H](Cc2ccccc2Br)NC(=O)C(F)(F)F)cc1. The van der Waals surface area contributed by atoms with Gasteiger partial charge in [0.25, 0.3) is 0 Å². The fourth-order valence-electron chi connectivity index (χ4n) is 3.69.